The number of para-hydroxylation sites is 1. The molecule has 0 spiro atoms. The molecule has 3 nitrogen and oxygen atoms in total. The van der Waals surface area contributed by atoms with Crippen molar-refractivity contribution in [2.45, 2.75) is 16.8 Å². The molecular formula is C13H13NO2S. The van der Waals surface area contributed by atoms with E-state index in [0.717, 1.165) is 9.92 Å². The molecule has 0 radical (unpaired) electrons. The lowest BCUT2D eigenvalue weighted by molar-refractivity contribution is 0.324. The lowest BCUT2D eigenvalue weighted by Crippen LogP contribution is -1.94. The first-order chi connectivity index (χ1) is 8.29. The summed E-state index contributed by atoms with van der Waals surface area (Å²) < 4.78 is 5.33. The highest BCUT2D eigenvalue weighted by Crippen LogP contribution is 2.33. The number of benzene rings is 1. The molecule has 0 saturated heterocycles. The van der Waals surface area contributed by atoms with Gasteiger partial charge in [-0.3, -0.25) is 0 Å². The zero-order chi connectivity index (χ0) is 12.1. The second-order valence-electron chi connectivity index (χ2n) is 3.32. The SMILES string of the molecule is CCOc1cccc(Sc2ccccc2O)n1. The van der Waals surface area contributed by atoms with Crippen molar-refractivity contribution in [2.75, 3.05) is 6.61 Å². The van der Waals surface area contributed by atoms with Gasteiger partial charge in [0.25, 0.3) is 0 Å². The smallest absolute Gasteiger partial charge is 0.214 e. The Kier molecular flexibility index (Phi) is 3.88. The van der Waals surface area contributed by atoms with Crippen molar-refractivity contribution in [1.29, 1.82) is 0 Å². The number of phenols is 1. The van der Waals surface area contributed by atoms with E-state index in [4.69, 9.17) is 4.74 Å². The largest absolute Gasteiger partial charge is 0.507 e. The first kappa shape index (κ1) is 11.8. The Morgan fingerprint density at radius 2 is 2.00 bits per heavy atom. The molecule has 2 rings (SSSR count). The maximum absolute atomic E-state index is 9.66. The van der Waals surface area contributed by atoms with Crippen LogP contribution in [0, 0.1) is 0 Å². The molecule has 17 heavy (non-hydrogen) atoms. The summed E-state index contributed by atoms with van der Waals surface area (Å²) in [5.74, 6) is 0.869. The maximum Gasteiger partial charge on any atom is 0.214 e. The summed E-state index contributed by atoms with van der Waals surface area (Å²) in [5, 5.41) is 10.5. The molecule has 0 unspecified atom stereocenters. The highest BCUT2D eigenvalue weighted by molar-refractivity contribution is 7.99. The van der Waals surface area contributed by atoms with Gasteiger partial charge in [-0.1, -0.05) is 30.0 Å². The van der Waals surface area contributed by atoms with Crippen molar-refractivity contribution >= 4 is 11.8 Å². The molecule has 0 bridgehead atoms. The number of hydrogen-bond donors (Lipinski definition) is 1. The third-order valence-electron chi connectivity index (χ3n) is 2.07. The minimum absolute atomic E-state index is 0.265. The highest BCUT2D eigenvalue weighted by Gasteiger charge is 2.04. The van der Waals surface area contributed by atoms with Crippen molar-refractivity contribution in [3.8, 4) is 11.6 Å². The van der Waals surface area contributed by atoms with Gasteiger partial charge in [0.2, 0.25) is 5.88 Å². The number of rotatable bonds is 4. The summed E-state index contributed by atoms with van der Waals surface area (Å²) in [4.78, 5) is 5.11. The molecule has 2 aromatic rings. The van der Waals surface area contributed by atoms with Crippen molar-refractivity contribution in [3.05, 3.63) is 42.5 Å². The first-order valence-electron chi connectivity index (χ1n) is 5.35. The summed E-state index contributed by atoms with van der Waals surface area (Å²) >= 11 is 1.41. The Morgan fingerprint density at radius 1 is 1.18 bits per heavy atom. The maximum atomic E-state index is 9.66. The van der Waals surface area contributed by atoms with E-state index in [1.807, 2.05) is 37.3 Å². The summed E-state index contributed by atoms with van der Waals surface area (Å²) in [6.07, 6.45) is 0. The summed E-state index contributed by atoms with van der Waals surface area (Å²) in [6, 6.07) is 12.8. The summed E-state index contributed by atoms with van der Waals surface area (Å²) in [6.45, 7) is 2.52. The molecule has 1 aromatic carbocycles. The number of phenolic OH excluding ortho intramolecular Hbond substituents is 1. The van der Waals surface area contributed by atoms with Crippen molar-refractivity contribution in [1.82, 2.24) is 4.98 Å². The predicted molar refractivity (Wildman–Crippen MR) is 67.6 cm³/mol. The van der Waals surface area contributed by atoms with E-state index < -0.39 is 0 Å². The number of aromatic nitrogens is 1. The van der Waals surface area contributed by atoms with Crippen LogP contribution in [0.5, 0.6) is 11.6 Å². The van der Waals surface area contributed by atoms with Crippen molar-refractivity contribution < 1.29 is 9.84 Å². The fourth-order valence-corrected chi connectivity index (χ4v) is 2.16. The van der Waals surface area contributed by atoms with Crippen molar-refractivity contribution in [2.24, 2.45) is 0 Å². The lowest BCUT2D eigenvalue weighted by Gasteiger charge is -2.05. The molecule has 1 heterocycles. The van der Waals surface area contributed by atoms with Crippen LogP contribution in [0.4, 0.5) is 0 Å². The standard InChI is InChI=1S/C13H13NO2S/c1-2-16-12-8-5-9-13(14-12)17-11-7-4-3-6-10(11)15/h3-9,15H,2H2,1H3. The van der Waals surface area contributed by atoms with Gasteiger partial charge in [-0.15, -0.1) is 0 Å². The van der Waals surface area contributed by atoms with Gasteiger partial charge in [-0.05, 0) is 25.1 Å². The molecule has 0 atom stereocenters. The summed E-state index contributed by atoms with van der Waals surface area (Å²) in [5.41, 5.74) is 0. The van der Waals surface area contributed by atoms with E-state index in [1.165, 1.54) is 11.8 Å². The predicted octanol–water partition coefficient (Wildman–Crippen LogP) is 3.34. The normalized spacial score (nSPS) is 10.2. The van der Waals surface area contributed by atoms with Gasteiger partial charge in [0, 0.05) is 6.07 Å². The number of nitrogens with zero attached hydrogens (tertiary/aromatic N) is 1. The Balaban J connectivity index is 2.18. The average Bonchev–Trinajstić information content (AvgIpc) is 2.33. The lowest BCUT2D eigenvalue weighted by atomic mass is 10.3. The van der Waals surface area contributed by atoms with Crippen LogP contribution in [-0.4, -0.2) is 16.7 Å². The molecular weight excluding hydrogens is 234 g/mol. The molecule has 0 amide bonds. The zero-order valence-electron chi connectivity index (χ0n) is 9.46. The van der Waals surface area contributed by atoms with E-state index in [1.54, 1.807) is 12.1 Å². The minimum Gasteiger partial charge on any atom is -0.507 e. The fraction of sp³-hybridized carbons (Fsp3) is 0.154. The zero-order valence-corrected chi connectivity index (χ0v) is 10.3. The number of aromatic hydroxyl groups is 1. The number of pyridine rings is 1. The van der Waals surface area contributed by atoms with Crippen LogP contribution in [0.2, 0.25) is 0 Å². The topological polar surface area (TPSA) is 42.4 Å². The Bertz CT molecular complexity index is 502. The fourth-order valence-electron chi connectivity index (χ4n) is 1.34. The van der Waals surface area contributed by atoms with Crippen LogP contribution in [0.15, 0.2) is 52.4 Å². The van der Waals surface area contributed by atoms with E-state index in [2.05, 4.69) is 4.98 Å². The van der Waals surface area contributed by atoms with E-state index >= 15 is 0 Å². The van der Waals surface area contributed by atoms with Gasteiger partial charge in [0.05, 0.1) is 11.5 Å². The van der Waals surface area contributed by atoms with Crippen LogP contribution in [-0.2, 0) is 0 Å². The number of hydrogen-bond acceptors (Lipinski definition) is 4. The molecule has 4 heteroatoms. The van der Waals surface area contributed by atoms with Gasteiger partial charge < -0.3 is 9.84 Å². The molecule has 0 aliphatic carbocycles. The average molecular weight is 247 g/mol. The Labute approximate surface area is 104 Å². The highest BCUT2D eigenvalue weighted by atomic mass is 32.2. The molecule has 0 fully saturated rings. The van der Waals surface area contributed by atoms with Crippen LogP contribution < -0.4 is 4.74 Å². The minimum atomic E-state index is 0.265. The van der Waals surface area contributed by atoms with Crippen LogP contribution >= 0.6 is 11.8 Å². The molecule has 1 N–H and O–H groups in total. The monoisotopic (exact) mass is 247 g/mol. The second kappa shape index (κ2) is 5.59. The van der Waals surface area contributed by atoms with Crippen LogP contribution in [0.3, 0.4) is 0 Å². The third kappa shape index (κ3) is 3.14. The quantitative estimate of drug-likeness (QED) is 0.899. The Hall–Kier alpha value is -1.68. The van der Waals surface area contributed by atoms with Crippen LogP contribution in [0.1, 0.15) is 6.92 Å². The van der Waals surface area contributed by atoms with Gasteiger partial charge in [0.1, 0.15) is 10.8 Å². The summed E-state index contributed by atoms with van der Waals surface area (Å²) in [7, 11) is 0. The van der Waals surface area contributed by atoms with Gasteiger partial charge >= 0.3 is 0 Å². The third-order valence-corrected chi connectivity index (χ3v) is 3.07. The molecule has 88 valence electrons. The molecule has 0 saturated carbocycles. The second-order valence-corrected chi connectivity index (χ2v) is 4.38. The molecule has 0 aliphatic heterocycles. The van der Waals surface area contributed by atoms with Crippen LogP contribution in [0.25, 0.3) is 0 Å². The van der Waals surface area contributed by atoms with E-state index in [9.17, 15) is 5.11 Å². The molecule has 1 aromatic heterocycles. The van der Waals surface area contributed by atoms with Crippen molar-refractivity contribution in [3.63, 3.8) is 0 Å². The van der Waals surface area contributed by atoms with Gasteiger partial charge in [0.15, 0.2) is 0 Å². The Morgan fingerprint density at radius 3 is 2.76 bits per heavy atom. The first-order valence-corrected chi connectivity index (χ1v) is 6.17. The molecule has 0 aliphatic rings. The van der Waals surface area contributed by atoms with E-state index in [-0.39, 0.29) is 5.75 Å². The van der Waals surface area contributed by atoms with Gasteiger partial charge in [-0.25, -0.2) is 4.98 Å². The number of ether oxygens (including phenoxy) is 1. The van der Waals surface area contributed by atoms with E-state index in [0.29, 0.717) is 12.5 Å². The van der Waals surface area contributed by atoms with Gasteiger partial charge in [-0.2, -0.15) is 0 Å².